The molecule has 0 unspecified atom stereocenters. The number of carboxylic acids is 1. The maximum Gasteiger partial charge on any atom is 0.335 e. The van der Waals surface area contributed by atoms with Gasteiger partial charge in [-0.1, -0.05) is 18.2 Å². The molecular weight excluding hydrogens is 216 g/mol. The van der Waals surface area contributed by atoms with E-state index in [9.17, 15) is 4.79 Å². The van der Waals surface area contributed by atoms with Crippen molar-refractivity contribution < 1.29 is 9.90 Å². The highest BCUT2D eigenvalue weighted by Gasteiger charge is 2.08. The maximum absolute atomic E-state index is 11.0. The second-order valence-electron chi connectivity index (χ2n) is 3.51. The first-order valence-electron chi connectivity index (χ1n) is 5.22. The molecule has 0 saturated carbocycles. The molecule has 4 heteroatoms. The molecule has 0 aliphatic rings. The van der Waals surface area contributed by atoms with E-state index in [1.54, 1.807) is 36.0 Å². The van der Waals surface area contributed by atoms with Gasteiger partial charge in [0.15, 0.2) is 0 Å². The van der Waals surface area contributed by atoms with Gasteiger partial charge in [0.05, 0.1) is 11.3 Å². The van der Waals surface area contributed by atoms with Crippen molar-refractivity contribution >= 4 is 11.5 Å². The molecule has 0 aliphatic heterocycles. The molecule has 0 amide bonds. The highest BCUT2D eigenvalue weighted by atomic mass is 16.4. The van der Waals surface area contributed by atoms with Crippen molar-refractivity contribution in [2.75, 3.05) is 0 Å². The first-order chi connectivity index (χ1) is 8.22. The Morgan fingerprint density at radius 2 is 2.06 bits per heavy atom. The second-order valence-corrected chi connectivity index (χ2v) is 3.51. The number of hydrogen-bond donors (Lipinski definition) is 1. The Labute approximate surface area is 98.8 Å². The lowest BCUT2D eigenvalue weighted by Gasteiger charge is -2.04. The first kappa shape index (κ1) is 11.1. The van der Waals surface area contributed by atoms with Crippen LogP contribution in [-0.4, -0.2) is 20.9 Å². The number of allylic oxidation sites excluding steroid dienone is 1. The summed E-state index contributed by atoms with van der Waals surface area (Å²) in [4.78, 5) is 11.0. The van der Waals surface area contributed by atoms with Gasteiger partial charge in [0, 0.05) is 12.4 Å². The van der Waals surface area contributed by atoms with Gasteiger partial charge in [-0.05, 0) is 30.7 Å². The average Bonchev–Trinajstić information content (AvgIpc) is 2.84. The molecule has 1 aromatic heterocycles. The van der Waals surface area contributed by atoms with Gasteiger partial charge < -0.3 is 5.11 Å². The van der Waals surface area contributed by atoms with E-state index in [2.05, 4.69) is 5.10 Å². The molecule has 4 nitrogen and oxygen atoms in total. The zero-order valence-corrected chi connectivity index (χ0v) is 9.37. The summed E-state index contributed by atoms with van der Waals surface area (Å²) >= 11 is 0. The number of benzene rings is 1. The minimum atomic E-state index is -0.917. The summed E-state index contributed by atoms with van der Waals surface area (Å²) < 4.78 is 1.72. The van der Waals surface area contributed by atoms with E-state index in [0.29, 0.717) is 11.1 Å². The Morgan fingerprint density at radius 1 is 1.35 bits per heavy atom. The van der Waals surface area contributed by atoms with Crippen molar-refractivity contribution in [2.24, 2.45) is 0 Å². The molecule has 0 fully saturated rings. The van der Waals surface area contributed by atoms with E-state index in [1.807, 2.05) is 24.4 Å². The van der Waals surface area contributed by atoms with Gasteiger partial charge >= 0.3 is 5.97 Å². The normalized spacial score (nSPS) is 11.5. The molecule has 0 aliphatic carbocycles. The summed E-state index contributed by atoms with van der Waals surface area (Å²) in [5.41, 5.74) is 1.90. The number of aromatic nitrogens is 2. The molecule has 1 N–H and O–H groups in total. The van der Waals surface area contributed by atoms with Crippen LogP contribution in [0.3, 0.4) is 0 Å². The van der Waals surface area contributed by atoms with Gasteiger partial charge in [-0.3, -0.25) is 0 Å². The van der Waals surface area contributed by atoms with E-state index >= 15 is 0 Å². The van der Waals surface area contributed by atoms with Crippen molar-refractivity contribution in [1.29, 1.82) is 0 Å². The van der Waals surface area contributed by atoms with Crippen molar-refractivity contribution in [3.8, 4) is 5.69 Å². The fourth-order valence-electron chi connectivity index (χ4n) is 1.63. The Kier molecular flexibility index (Phi) is 3.05. The van der Waals surface area contributed by atoms with Crippen LogP contribution in [0.15, 0.2) is 48.8 Å². The van der Waals surface area contributed by atoms with Crippen molar-refractivity contribution in [3.05, 3.63) is 54.4 Å². The van der Waals surface area contributed by atoms with Crippen molar-refractivity contribution in [2.45, 2.75) is 6.92 Å². The van der Waals surface area contributed by atoms with E-state index in [-0.39, 0.29) is 0 Å². The molecule has 0 radical (unpaired) electrons. The number of nitrogens with zero attached hydrogens (tertiary/aromatic N) is 2. The number of carboxylic acid groups (broad SMARTS) is 1. The maximum atomic E-state index is 11.0. The SMILES string of the molecule is CC=C(C(=O)O)c1ccc(-n2cccn2)cc1. The summed E-state index contributed by atoms with van der Waals surface area (Å²) in [6, 6.07) is 9.08. The molecule has 0 atom stereocenters. The Balaban J connectivity index is 2.33. The highest BCUT2D eigenvalue weighted by Crippen LogP contribution is 2.16. The number of hydrogen-bond acceptors (Lipinski definition) is 2. The van der Waals surface area contributed by atoms with Crippen LogP contribution in [0.1, 0.15) is 12.5 Å². The summed E-state index contributed by atoms with van der Waals surface area (Å²) in [6.45, 7) is 1.71. The van der Waals surface area contributed by atoms with E-state index in [1.165, 1.54) is 0 Å². The smallest absolute Gasteiger partial charge is 0.335 e. The van der Waals surface area contributed by atoms with Crippen LogP contribution >= 0.6 is 0 Å². The number of aliphatic carboxylic acids is 1. The third kappa shape index (κ3) is 2.25. The summed E-state index contributed by atoms with van der Waals surface area (Å²) in [6.07, 6.45) is 5.12. The van der Waals surface area contributed by atoms with Gasteiger partial charge in [-0.25, -0.2) is 9.48 Å². The minimum absolute atomic E-state index is 0.303. The van der Waals surface area contributed by atoms with Crippen LogP contribution in [0.2, 0.25) is 0 Å². The topological polar surface area (TPSA) is 55.1 Å². The van der Waals surface area contributed by atoms with Crippen LogP contribution in [-0.2, 0) is 4.79 Å². The Hall–Kier alpha value is -2.36. The summed E-state index contributed by atoms with van der Waals surface area (Å²) in [5.74, 6) is -0.917. The number of carbonyl (C=O) groups is 1. The minimum Gasteiger partial charge on any atom is -0.478 e. The predicted octanol–water partition coefficient (Wildman–Crippen LogP) is 2.36. The lowest BCUT2D eigenvalue weighted by Crippen LogP contribution is -2.00. The van der Waals surface area contributed by atoms with Crippen LogP contribution in [0.4, 0.5) is 0 Å². The van der Waals surface area contributed by atoms with Gasteiger partial charge in [-0.2, -0.15) is 5.10 Å². The zero-order valence-electron chi connectivity index (χ0n) is 9.37. The average molecular weight is 228 g/mol. The van der Waals surface area contributed by atoms with Gasteiger partial charge in [-0.15, -0.1) is 0 Å². The van der Waals surface area contributed by atoms with E-state index in [4.69, 9.17) is 5.11 Å². The monoisotopic (exact) mass is 228 g/mol. The molecule has 2 rings (SSSR count). The first-order valence-corrected chi connectivity index (χ1v) is 5.22. The molecule has 0 spiro atoms. The Bertz CT molecular complexity index is 539. The summed E-state index contributed by atoms with van der Waals surface area (Å²) in [5, 5.41) is 13.1. The Morgan fingerprint density at radius 3 is 2.53 bits per heavy atom. The second kappa shape index (κ2) is 4.65. The van der Waals surface area contributed by atoms with E-state index < -0.39 is 5.97 Å². The lowest BCUT2D eigenvalue weighted by atomic mass is 10.1. The largest absolute Gasteiger partial charge is 0.478 e. The van der Waals surface area contributed by atoms with Crippen LogP contribution in [0, 0.1) is 0 Å². The van der Waals surface area contributed by atoms with E-state index in [0.717, 1.165) is 5.69 Å². The lowest BCUT2D eigenvalue weighted by molar-refractivity contribution is -0.130. The third-order valence-electron chi connectivity index (χ3n) is 2.47. The molecule has 1 heterocycles. The quantitative estimate of drug-likeness (QED) is 0.820. The molecule has 86 valence electrons. The number of rotatable bonds is 3. The summed E-state index contributed by atoms with van der Waals surface area (Å²) in [7, 11) is 0. The molecule has 1 aromatic carbocycles. The third-order valence-corrected chi connectivity index (χ3v) is 2.47. The van der Waals surface area contributed by atoms with Gasteiger partial charge in [0.25, 0.3) is 0 Å². The highest BCUT2D eigenvalue weighted by molar-refractivity contribution is 6.15. The van der Waals surface area contributed by atoms with Crippen LogP contribution in [0.25, 0.3) is 11.3 Å². The molecule has 17 heavy (non-hydrogen) atoms. The standard InChI is InChI=1S/C13H12N2O2/c1-2-12(13(16)17)10-4-6-11(7-5-10)15-9-3-8-14-15/h2-9H,1H3,(H,16,17). The molecule has 0 saturated heterocycles. The van der Waals surface area contributed by atoms with Crippen LogP contribution < -0.4 is 0 Å². The molecule has 2 aromatic rings. The van der Waals surface area contributed by atoms with Crippen molar-refractivity contribution in [1.82, 2.24) is 9.78 Å². The fraction of sp³-hybridized carbons (Fsp3) is 0.0769. The van der Waals surface area contributed by atoms with Gasteiger partial charge in [0.1, 0.15) is 0 Å². The van der Waals surface area contributed by atoms with Gasteiger partial charge in [0.2, 0.25) is 0 Å². The molecular formula is C13H12N2O2. The fourth-order valence-corrected chi connectivity index (χ4v) is 1.63. The molecule has 0 bridgehead atoms. The van der Waals surface area contributed by atoms with Crippen LogP contribution in [0.5, 0.6) is 0 Å². The van der Waals surface area contributed by atoms with Crippen molar-refractivity contribution in [3.63, 3.8) is 0 Å². The zero-order chi connectivity index (χ0) is 12.3. The predicted molar refractivity (Wildman–Crippen MR) is 64.9 cm³/mol.